The number of non-ortho nitro benzene ring substituents is 1. The molecule has 0 atom stereocenters. The van der Waals surface area contributed by atoms with Gasteiger partial charge in [-0.15, -0.1) is 0 Å². The molecule has 0 saturated carbocycles. The lowest BCUT2D eigenvalue weighted by Gasteiger charge is -2.13. The molecular formula is C19H13Br2N3O5S. The molecule has 0 fully saturated rings. The van der Waals surface area contributed by atoms with Crippen molar-refractivity contribution in [3.05, 3.63) is 67.6 Å². The normalized spacial score (nSPS) is 10.5. The number of aromatic hydroxyl groups is 1. The summed E-state index contributed by atoms with van der Waals surface area (Å²) in [7, 11) is 0. The number of ether oxygens (including phenoxy) is 1. The Morgan fingerprint density at radius 2 is 1.93 bits per heavy atom. The second-order valence-electron chi connectivity index (χ2n) is 5.99. The van der Waals surface area contributed by atoms with Gasteiger partial charge in [-0.1, -0.05) is 28.1 Å². The van der Waals surface area contributed by atoms with Gasteiger partial charge in [-0.3, -0.25) is 20.2 Å². The monoisotopic (exact) mass is 553 g/mol. The summed E-state index contributed by atoms with van der Waals surface area (Å²) in [5.41, 5.74) is -0.236. The average molecular weight is 555 g/mol. The van der Waals surface area contributed by atoms with Gasteiger partial charge in [-0.2, -0.15) is 0 Å². The molecule has 0 saturated heterocycles. The quantitative estimate of drug-likeness (QED) is 0.178. The predicted molar refractivity (Wildman–Crippen MR) is 124 cm³/mol. The number of rotatable bonds is 5. The zero-order chi connectivity index (χ0) is 21.8. The van der Waals surface area contributed by atoms with Crippen molar-refractivity contribution in [1.29, 1.82) is 0 Å². The van der Waals surface area contributed by atoms with Crippen LogP contribution in [0.3, 0.4) is 0 Å². The minimum Gasteiger partial charge on any atom is -0.506 e. The smallest absolute Gasteiger partial charge is 0.271 e. The number of carbonyl (C=O) groups excluding carboxylic acids is 1. The Bertz CT molecular complexity index is 1170. The fourth-order valence-electron chi connectivity index (χ4n) is 2.55. The fraction of sp³-hybridized carbons (Fsp3) is 0.0526. The number of phenols is 1. The van der Waals surface area contributed by atoms with E-state index < -0.39 is 10.8 Å². The lowest BCUT2D eigenvalue weighted by atomic mass is 10.1. The molecule has 0 spiro atoms. The van der Waals surface area contributed by atoms with Gasteiger partial charge in [0.2, 0.25) is 0 Å². The van der Waals surface area contributed by atoms with E-state index >= 15 is 0 Å². The first kappa shape index (κ1) is 21.9. The van der Waals surface area contributed by atoms with Crippen LogP contribution in [0.2, 0.25) is 0 Å². The van der Waals surface area contributed by atoms with Gasteiger partial charge < -0.3 is 15.2 Å². The first-order valence-corrected chi connectivity index (χ1v) is 10.3. The first-order chi connectivity index (χ1) is 14.2. The fourth-order valence-corrected chi connectivity index (χ4v) is 3.76. The molecule has 154 valence electrons. The first-order valence-electron chi connectivity index (χ1n) is 8.33. The van der Waals surface area contributed by atoms with Crippen LogP contribution in [-0.2, 0) is 4.79 Å². The van der Waals surface area contributed by atoms with Crippen molar-refractivity contribution >= 4 is 77.2 Å². The van der Waals surface area contributed by atoms with Crippen molar-refractivity contribution in [2.75, 3.05) is 11.9 Å². The maximum atomic E-state index is 12.1. The van der Waals surface area contributed by atoms with Gasteiger partial charge in [0.25, 0.3) is 11.6 Å². The molecule has 0 radical (unpaired) electrons. The molecule has 30 heavy (non-hydrogen) atoms. The third-order valence-electron chi connectivity index (χ3n) is 3.93. The van der Waals surface area contributed by atoms with Crippen LogP contribution in [0.1, 0.15) is 0 Å². The van der Waals surface area contributed by atoms with Gasteiger partial charge >= 0.3 is 0 Å². The highest BCUT2D eigenvalue weighted by atomic mass is 79.9. The van der Waals surface area contributed by atoms with Gasteiger partial charge in [0.05, 0.1) is 15.1 Å². The van der Waals surface area contributed by atoms with Crippen LogP contribution in [0.5, 0.6) is 11.5 Å². The van der Waals surface area contributed by atoms with E-state index in [4.69, 9.17) is 17.0 Å². The summed E-state index contributed by atoms with van der Waals surface area (Å²) >= 11 is 11.9. The number of hydrogen-bond acceptors (Lipinski definition) is 6. The van der Waals surface area contributed by atoms with E-state index in [-0.39, 0.29) is 28.8 Å². The molecule has 0 aromatic heterocycles. The lowest BCUT2D eigenvalue weighted by Crippen LogP contribution is -2.37. The number of amides is 1. The van der Waals surface area contributed by atoms with Crippen molar-refractivity contribution < 1.29 is 19.6 Å². The maximum Gasteiger partial charge on any atom is 0.271 e. The molecule has 0 aliphatic carbocycles. The van der Waals surface area contributed by atoms with Crippen molar-refractivity contribution in [1.82, 2.24) is 5.32 Å². The second kappa shape index (κ2) is 9.37. The number of nitro benzene ring substituents is 1. The van der Waals surface area contributed by atoms with E-state index in [1.807, 2.05) is 24.3 Å². The maximum absolute atomic E-state index is 12.1. The molecule has 0 unspecified atom stereocenters. The Balaban J connectivity index is 1.61. The zero-order valence-electron chi connectivity index (χ0n) is 15.0. The molecule has 0 heterocycles. The molecule has 0 bridgehead atoms. The van der Waals surface area contributed by atoms with Gasteiger partial charge in [-0.05, 0) is 63.2 Å². The second-order valence-corrected chi connectivity index (χ2v) is 8.11. The number of hydrogen-bond donors (Lipinski definition) is 3. The van der Waals surface area contributed by atoms with E-state index in [0.29, 0.717) is 10.2 Å². The van der Waals surface area contributed by atoms with E-state index in [1.54, 1.807) is 6.07 Å². The van der Waals surface area contributed by atoms with Crippen molar-refractivity contribution in [3.63, 3.8) is 0 Å². The summed E-state index contributed by atoms with van der Waals surface area (Å²) < 4.78 is 7.23. The Labute approximate surface area is 192 Å². The Hall–Kier alpha value is -2.76. The van der Waals surface area contributed by atoms with E-state index in [9.17, 15) is 20.0 Å². The van der Waals surface area contributed by atoms with Gasteiger partial charge in [0, 0.05) is 16.6 Å². The van der Waals surface area contributed by atoms with Crippen LogP contribution < -0.4 is 15.4 Å². The van der Waals surface area contributed by atoms with Crippen LogP contribution in [0.15, 0.2) is 57.5 Å². The van der Waals surface area contributed by atoms with Gasteiger partial charge in [0.1, 0.15) is 11.5 Å². The third-order valence-corrected chi connectivity index (χ3v) is 5.45. The van der Waals surface area contributed by atoms with Gasteiger partial charge in [0.15, 0.2) is 11.7 Å². The highest BCUT2D eigenvalue weighted by Crippen LogP contribution is 2.34. The minimum absolute atomic E-state index is 0.00106. The number of anilines is 1. The molecule has 0 aliphatic rings. The number of nitrogens with one attached hydrogen (secondary N) is 2. The van der Waals surface area contributed by atoms with E-state index in [0.717, 1.165) is 33.4 Å². The lowest BCUT2D eigenvalue weighted by molar-refractivity contribution is -0.384. The van der Waals surface area contributed by atoms with E-state index in [1.165, 1.54) is 0 Å². The van der Waals surface area contributed by atoms with Gasteiger partial charge in [-0.25, -0.2) is 0 Å². The number of fused-ring (bicyclic) bond motifs is 1. The van der Waals surface area contributed by atoms with Crippen molar-refractivity contribution in [3.8, 4) is 11.5 Å². The largest absolute Gasteiger partial charge is 0.506 e. The number of thiocarbonyl (C=S) groups is 1. The number of halogens is 2. The number of phenolic OH excluding ortho intramolecular Hbond substituents is 1. The molecule has 3 aromatic rings. The van der Waals surface area contributed by atoms with E-state index in [2.05, 4.69) is 42.5 Å². The molecule has 3 aromatic carbocycles. The summed E-state index contributed by atoms with van der Waals surface area (Å²) in [5.74, 6) is -0.310. The summed E-state index contributed by atoms with van der Waals surface area (Å²) in [6, 6.07) is 12.8. The van der Waals surface area contributed by atoms with Crippen LogP contribution in [0.25, 0.3) is 10.8 Å². The average Bonchev–Trinajstić information content (AvgIpc) is 2.68. The third kappa shape index (κ3) is 5.23. The molecule has 3 rings (SSSR count). The minimum atomic E-state index is -0.611. The van der Waals surface area contributed by atoms with Crippen LogP contribution in [0.4, 0.5) is 11.4 Å². The summed E-state index contributed by atoms with van der Waals surface area (Å²) in [6.45, 7) is -0.316. The van der Waals surface area contributed by atoms with Crippen molar-refractivity contribution in [2.45, 2.75) is 0 Å². The highest BCUT2D eigenvalue weighted by molar-refractivity contribution is 9.11. The zero-order valence-corrected chi connectivity index (χ0v) is 19.0. The Morgan fingerprint density at radius 1 is 1.17 bits per heavy atom. The number of carbonyl (C=O) groups is 1. The molecule has 3 N–H and O–H groups in total. The summed E-state index contributed by atoms with van der Waals surface area (Å²) in [4.78, 5) is 22.4. The number of benzene rings is 3. The molecular weight excluding hydrogens is 542 g/mol. The predicted octanol–water partition coefficient (Wildman–Crippen LogP) is 4.87. The van der Waals surface area contributed by atoms with Crippen LogP contribution >= 0.6 is 44.1 Å². The van der Waals surface area contributed by atoms with Crippen LogP contribution in [0, 0.1) is 10.1 Å². The molecule has 1 amide bonds. The SMILES string of the molecule is O=C(COc1ccc2cc(Br)ccc2c1Br)NC(=S)Nc1cc([N+](=O)[O-])ccc1O. The van der Waals surface area contributed by atoms with Crippen molar-refractivity contribution in [2.24, 2.45) is 0 Å². The Kier molecular flexibility index (Phi) is 6.85. The summed E-state index contributed by atoms with van der Waals surface area (Å²) in [5, 5.41) is 27.4. The highest BCUT2D eigenvalue weighted by Gasteiger charge is 2.14. The number of nitro groups is 1. The standard InChI is InChI=1S/C19H13Br2N3O5S/c20-11-2-4-13-10(7-11)1-6-16(18(13)21)29-9-17(26)23-19(30)22-14-8-12(24(27)28)3-5-15(14)25/h1-8,25H,9H2,(H2,22,23,26,30). The molecule has 0 aliphatic heterocycles. The summed E-state index contributed by atoms with van der Waals surface area (Å²) in [6.07, 6.45) is 0. The molecule has 11 heteroatoms. The topological polar surface area (TPSA) is 114 Å². The molecule has 8 nitrogen and oxygen atoms in total. The van der Waals surface area contributed by atoms with Crippen LogP contribution in [-0.4, -0.2) is 27.7 Å². The number of nitrogens with zero attached hydrogens (tertiary/aromatic N) is 1. The Morgan fingerprint density at radius 3 is 2.67 bits per heavy atom.